The Morgan fingerprint density at radius 1 is 0.944 bits per heavy atom. The maximum absolute atomic E-state index is 12.2. The maximum atomic E-state index is 12.2. The summed E-state index contributed by atoms with van der Waals surface area (Å²) in [5.41, 5.74) is 6.49. The van der Waals surface area contributed by atoms with Gasteiger partial charge in [0.2, 0.25) is 0 Å². The summed E-state index contributed by atoms with van der Waals surface area (Å²) < 4.78 is 11.0. The van der Waals surface area contributed by atoms with Crippen LogP contribution in [0.25, 0.3) is 11.1 Å². The second-order valence-corrected chi connectivity index (χ2v) is 9.52. The molecule has 0 bridgehead atoms. The van der Waals surface area contributed by atoms with Crippen LogP contribution in [-0.2, 0) is 4.74 Å². The Balaban J connectivity index is 1.66. The standard InChI is InChI=1S/C30H37NO5/c1-18(2)27-17-23(9-12-26(27)30(34)35-6)24-15-19(3)29(20(4)16-24)36-14-13-31-21(5)28(33)22-7-10-25(32)11-8-22/h7-12,15-18,21,28,31-33H,13-14H2,1-6H3/t21-,28-/m0/s1. The number of ether oxygens (including phenoxy) is 2. The van der Waals surface area contributed by atoms with Gasteiger partial charge in [-0.05, 0) is 90.4 Å². The van der Waals surface area contributed by atoms with Crippen molar-refractivity contribution < 1.29 is 24.5 Å². The molecule has 6 heteroatoms. The van der Waals surface area contributed by atoms with Crippen LogP contribution in [0, 0.1) is 13.8 Å². The number of phenols is 1. The monoisotopic (exact) mass is 491 g/mol. The van der Waals surface area contributed by atoms with Crippen LogP contribution in [0.4, 0.5) is 0 Å². The number of rotatable bonds is 10. The quantitative estimate of drug-likeness (QED) is 0.250. The number of aromatic hydroxyl groups is 1. The lowest BCUT2D eigenvalue weighted by Crippen LogP contribution is -2.35. The molecule has 6 nitrogen and oxygen atoms in total. The van der Waals surface area contributed by atoms with Crippen LogP contribution in [0.2, 0.25) is 0 Å². The van der Waals surface area contributed by atoms with E-state index in [1.165, 1.54) is 7.11 Å². The Labute approximate surface area is 213 Å². The van der Waals surface area contributed by atoms with Gasteiger partial charge in [0.15, 0.2) is 0 Å². The summed E-state index contributed by atoms with van der Waals surface area (Å²) in [7, 11) is 1.40. The zero-order valence-corrected chi connectivity index (χ0v) is 22.0. The molecule has 36 heavy (non-hydrogen) atoms. The molecule has 0 saturated heterocycles. The highest BCUT2D eigenvalue weighted by Crippen LogP contribution is 2.33. The van der Waals surface area contributed by atoms with E-state index in [4.69, 9.17) is 9.47 Å². The molecule has 3 N–H and O–H groups in total. The van der Waals surface area contributed by atoms with Crippen molar-refractivity contribution in [3.05, 3.63) is 82.4 Å². The zero-order valence-electron chi connectivity index (χ0n) is 22.0. The first-order valence-corrected chi connectivity index (χ1v) is 12.3. The smallest absolute Gasteiger partial charge is 0.338 e. The third kappa shape index (κ3) is 6.45. The number of hydrogen-bond donors (Lipinski definition) is 3. The zero-order chi connectivity index (χ0) is 26.4. The number of aliphatic hydroxyl groups is 1. The highest BCUT2D eigenvalue weighted by molar-refractivity contribution is 5.92. The predicted molar refractivity (Wildman–Crippen MR) is 143 cm³/mol. The molecule has 0 aliphatic heterocycles. The molecule has 0 fully saturated rings. The number of esters is 1. The molecule has 3 aromatic rings. The topological polar surface area (TPSA) is 88.0 Å². The molecule has 0 unspecified atom stereocenters. The molecule has 0 heterocycles. The van der Waals surface area contributed by atoms with Crippen LogP contribution >= 0.6 is 0 Å². The number of carbonyl (C=O) groups excluding carboxylic acids is 1. The van der Waals surface area contributed by atoms with E-state index in [9.17, 15) is 15.0 Å². The molecule has 3 rings (SSSR count). The second-order valence-electron chi connectivity index (χ2n) is 9.52. The van der Waals surface area contributed by atoms with Gasteiger partial charge in [0.1, 0.15) is 18.1 Å². The molecule has 0 spiro atoms. The van der Waals surface area contributed by atoms with Crippen molar-refractivity contribution in [1.29, 1.82) is 0 Å². The van der Waals surface area contributed by atoms with E-state index in [2.05, 4.69) is 37.4 Å². The fraction of sp³-hybridized carbons (Fsp3) is 0.367. The number of aliphatic hydroxyl groups excluding tert-OH is 1. The van der Waals surface area contributed by atoms with Crippen molar-refractivity contribution in [2.45, 2.75) is 52.7 Å². The molecule has 0 aliphatic rings. The second kappa shape index (κ2) is 12.1. The van der Waals surface area contributed by atoms with Gasteiger partial charge >= 0.3 is 5.97 Å². The summed E-state index contributed by atoms with van der Waals surface area (Å²) in [5.74, 6) is 0.893. The first kappa shape index (κ1) is 27.2. The third-order valence-electron chi connectivity index (χ3n) is 6.40. The largest absolute Gasteiger partial charge is 0.508 e. The highest BCUT2D eigenvalue weighted by Gasteiger charge is 2.18. The Bertz CT molecular complexity index is 1160. The minimum absolute atomic E-state index is 0.175. The summed E-state index contributed by atoms with van der Waals surface area (Å²) in [6.45, 7) is 11.1. The minimum atomic E-state index is -0.686. The molecule has 0 aliphatic carbocycles. The van der Waals surface area contributed by atoms with E-state index in [0.29, 0.717) is 18.7 Å². The summed E-state index contributed by atoms with van der Waals surface area (Å²) >= 11 is 0. The highest BCUT2D eigenvalue weighted by atomic mass is 16.5. The van der Waals surface area contributed by atoms with Crippen LogP contribution in [0.3, 0.4) is 0 Å². The van der Waals surface area contributed by atoms with Gasteiger partial charge in [-0.25, -0.2) is 4.79 Å². The lowest BCUT2D eigenvalue weighted by molar-refractivity contribution is 0.0599. The molecule has 0 amide bonds. The first-order valence-electron chi connectivity index (χ1n) is 12.3. The fourth-order valence-corrected chi connectivity index (χ4v) is 4.37. The van der Waals surface area contributed by atoms with Crippen molar-refractivity contribution in [3.8, 4) is 22.6 Å². The lowest BCUT2D eigenvalue weighted by Gasteiger charge is -2.21. The number of hydrogen-bond acceptors (Lipinski definition) is 6. The van der Waals surface area contributed by atoms with Gasteiger partial charge in [0.05, 0.1) is 18.8 Å². The fourth-order valence-electron chi connectivity index (χ4n) is 4.37. The molecular formula is C30H37NO5. The number of carbonyl (C=O) groups is 1. The average Bonchev–Trinajstić information content (AvgIpc) is 2.86. The Morgan fingerprint density at radius 2 is 1.58 bits per heavy atom. The maximum Gasteiger partial charge on any atom is 0.338 e. The Kier molecular flexibility index (Phi) is 9.13. The van der Waals surface area contributed by atoms with Crippen LogP contribution in [0.5, 0.6) is 11.5 Å². The van der Waals surface area contributed by atoms with Crippen LogP contribution in [0.1, 0.15) is 65.4 Å². The lowest BCUT2D eigenvalue weighted by atomic mass is 9.91. The number of nitrogens with one attached hydrogen (secondary N) is 1. The van der Waals surface area contributed by atoms with Gasteiger partial charge in [-0.2, -0.15) is 0 Å². The van der Waals surface area contributed by atoms with Crippen molar-refractivity contribution >= 4 is 5.97 Å². The van der Waals surface area contributed by atoms with E-state index < -0.39 is 6.10 Å². The van der Waals surface area contributed by atoms with Crippen molar-refractivity contribution in [2.24, 2.45) is 0 Å². The SMILES string of the molecule is COC(=O)c1ccc(-c2cc(C)c(OCCN[C@@H](C)[C@H](O)c3ccc(O)cc3)c(C)c2)cc1C(C)C. The van der Waals surface area contributed by atoms with Gasteiger partial charge < -0.3 is 25.0 Å². The normalized spacial score (nSPS) is 12.9. The van der Waals surface area contributed by atoms with E-state index in [0.717, 1.165) is 39.1 Å². The molecule has 192 valence electrons. The number of methoxy groups -OCH3 is 1. The summed E-state index contributed by atoms with van der Waals surface area (Å²) in [5, 5.41) is 23.3. The number of phenolic OH excluding ortho intramolecular Hbond substituents is 1. The van der Waals surface area contributed by atoms with Gasteiger partial charge in [0.25, 0.3) is 0 Å². The first-order chi connectivity index (χ1) is 17.1. The third-order valence-corrected chi connectivity index (χ3v) is 6.40. The molecule has 0 radical (unpaired) electrons. The summed E-state index contributed by atoms with van der Waals surface area (Å²) in [4.78, 5) is 12.2. The Hall–Kier alpha value is -3.35. The summed E-state index contributed by atoms with van der Waals surface area (Å²) in [6, 6.07) is 16.5. The van der Waals surface area contributed by atoms with E-state index in [1.807, 2.05) is 32.9 Å². The van der Waals surface area contributed by atoms with Gasteiger partial charge in [-0.3, -0.25) is 0 Å². The van der Waals surface area contributed by atoms with Gasteiger partial charge in [0, 0.05) is 12.6 Å². The van der Waals surface area contributed by atoms with Crippen LogP contribution < -0.4 is 10.1 Å². The van der Waals surface area contributed by atoms with E-state index >= 15 is 0 Å². The molecule has 2 atom stereocenters. The van der Waals surface area contributed by atoms with E-state index in [-0.39, 0.29) is 23.7 Å². The predicted octanol–water partition coefficient (Wildman–Crippen LogP) is 5.68. The van der Waals surface area contributed by atoms with Gasteiger partial charge in [-0.1, -0.05) is 38.1 Å². The van der Waals surface area contributed by atoms with Crippen molar-refractivity contribution in [2.75, 3.05) is 20.3 Å². The minimum Gasteiger partial charge on any atom is -0.508 e. The molecule has 3 aromatic carbocycles. The van der Waals surface area contributed by atoms with E-state index in [1.54, 1.807) is 24.3 Å². The molecular weight excluding hydrogens is 454 g/mol. The van der Waals surface area contributed by atoms with Crippen molar-refractivity contribution in [1.82, 2.24) is 5.32 Å². The van der Waals surface area contributed by atoms with Gasteiger partial charge in [-0.15, -0.1) is 0 Å². The number of benzene rings is 3. The molecule has 0 saturated carbocycles. The van der Waals surface area contributed by atoms with Crippen LogP contribution in [-0.4, -0.2) is 42.5 Å². The molecule has 0 aromatic heterocycles. The van der Waals surface area contributed by atoms with Crippen molar-refractivity contribution in [3.63, 3.8) is 0 Å². The van der Waals surface area contributed by atoms with Crippen LogP contribution in [0.15, 0.2) is 54.6 Å². The average molecular weight is 492 g/mol. The Morgan fingerprint density at radius 3 is 2.17 bits per heavy atom. The number of aryl methyl sites for hydroxylation is 2. The summed E-state index contributed by atoms with van der Waals surface area (Å²) in [6.07, 6.45) is -0.686.